The Morgan fingerprint density at radius 3 is 2.59 bits per heavy atom. The predicted octanol–water partition coefficient (Wildman–Crippen LogP) is 2.57. The number of hydrogen-bond donors (Lipinski definition) is 1. The molecular formula is C16H17NO4S. The maximum atomic E-state index is 12.4. The molecule has 1 N–H and O–H groups in total. The lowest BCUT2D eigenvalue weighted by Crippen LogP contribution is -2.15. The minimum atomic E-state index is -3.64. The highest BCUT2D eigenvalue weighted by molar-refractivity contribution is 7.92. The second-order valence-corrected chi connectivity index (χ2v) is 6.82. The summed E-state index contributed by atoms with van der Waals surface area (Å²) in [6.45, 7) is 2.99. The molecule has 0 spiro atoms. The van der Waals surface area contributed by atoms with E-state index >= 15 is 0 Å². The van der Waals surface area contributed by atoms with Gasteiger partial charge >= 0.3 is 0 Å². The topological polar surface area (TPSA) is 67.9 Å². The van der Waals surface area contributed by atoms with E-state index in [0.29, 0.717) is 24.7 Å². The summed E-state index contributed by atoms with van der Waals surface area (Å²) >= 11 is 0. The molecule has 116 valence electrons. The Morgan fingerprint density at radius 1 is 1.18 bits per heavy atom. The van der Waals surface area contributed by atoms with Crippen LogP contribution in [0.3, 0.4) is 0 Å². The highest BCUT2D eigenvalue weighted by atomic mass is 32.2. The fraction of sp³-hybridized carbons (Fsp3) is 0.250. The summed E-state index contributed by atoms with van der Waals surface area (Å²) in [5, 5.41) is 0. The van der Waals surface area contributed by atoms with Crippen LogP contribution in [0.25, 0.3) is 0 Å². The predicted molar refractivity (Wildman–Crippen MR) is 83.7 cm³/mol. The molecule has 2 aromatic rings. The van der Waals surface area contributed by atoms with Crippen LogP contribution in [0.2, 0.25) is 0 Å². The van der Waals surface area contributed by atoms with Crippen molar-refractivity contribution in [2.75, 3.05) is 17.9 Å². The lowest BCUT2D eigenvalue weighted by molar-refractivity contribution is 0.263. The lowest BCUT2D eigenvalue weighted by Gasteiger charge is -2.15. The van der Waals surface area contributed by atoms with Crippen LogP contribution in [0, 0.1) is 6.92 Å². The molecule has 0 aliphatic carbocycles. The Bertz CT molecular complexity index is 755. The molecule has 1 fully saturated rings. The van der Waals surface area contributed by atoms with E-state index in [9.17, 15) is 8.42 Å². The van der Waals surface area contributed by atoms with Crippen LogP contribution in [-0.2, 0) is 14.8 Å². The molecule has 1 saturated heterocycles. The molecule has 0 saturated carbocycles. The molecule has 5 nitrogen and oxygen atoms in total. The molecular weight excluding hydrogens is 302 g/mol. The fourth-order valence-corrected chi connectivity index (χ4v) is 3.15. The summed E-state index contributed by atoms with van der Waals surface area (Å²) in [6, 6.07) is 13.6. The van der Waals surface area contributed by atoms with Crippen molar-refractivity contribution in [3.8, 4) is 5.75 Å². The number of aryl methyl sites for hydroxylation is 1. The standard InChI is InChI=1S/C16H17NO4S/c1-12-6-5-9-15(16(12)21-11-13-10-20-13)17-22(18,19)14-7-3-2-4-8-14/h2-9,13,17H,10-11H2,1H3. The summed E-state index contributed by atoms with van der Waals surface area (Å²) < 4.78 is 38.3. The van der Waals surface area contributed by atoms with Gasteiger partial charge in [0.1, 0.15) is 18.5 Å². The third-order valence-corrected chi connectivity index (χ3v) is 4.71. The number of ether oxygens (including phenoxy) is 2. The van der Waals surface area contributed by atoms with Crippen molar-refractivity contribution in [2.24, 2.45) is 0 Å². The normalized spacial score (nSPS) is 17.0. The van der Waals surface area contributed by atoms with Crippen molar-refractivity contribution in [2.45, 2.75) is 17.9 Å². The van der Waals surface area contributed by atoms with Crippen molar-refractivity contribution in [3.05, 3.63) is 54.1 Å². The average Bonchev–Trinajstić information content (AvgIpc) is 3.31. The molecule has 1 aliphatic heterocycles. The molecule has 1 aliphatic rings. The molecule has 0 radical (unpaired) electrons. The van der Waals surface area contributed by atoms with Gasteiger partial charge in [0, 0.05) is 0 Å². The van der Waals surface area contributed by atoms with Gasteiger partial charge in [-0.2, -0.15) is 0 Å². The van der Waals surface area contributed by atoms with Gasteiger partial charge in [-0.05, 0) is 30.7 Å². The molecule has 0 bridgehead atoms. The number of benzene rings is 2. The number of rotatable bonds is 6. The maximum Gasteiger partial charge on any atom is 0.262 e. The Hall–Kier alpha value is -2.05. The van der Waals surface area contributed by atoms with Gasteiger partial charge in [-0.25, -0.2) is 8.42 Å². The maximum absolute atomic E-state index is 12.4. The zero-order valence-corrected chi connectivity index (χ0v) is 13.0. The van der Waals surface area contributed by atoms with Crippen molar-refractivity contribution in [1.29, 1.82) is 0 Å². The van der Waals surface area contributed by atoms with Crippen LogP contribution < -0.4 is 9.46 Å². The van der Waals surface area contributed by atoms with E-state index in [1.54, 1.807) is 42.5 Å². The Morgan fingerprint density at radius 2 is 1.91 bits per heavy atom. The van der Waals surface area contributed by atoms with Crippen molar-refractivity contribution >= 4 is 15.7 Å². The average molecular weight is 319 g/mol. The quantitative estimate of drug-likeness (QED) is 0.831. The van der Waals surface area contributed by atoms with Gasteiger partial charge in [0.25, 0.3) is 10.0 Å². The molecule has 1 unspecified atom stereocenters. The van der Waals surface area contributed by atoms with Gasteiger partial charge in [0.2, 0.25) is 0 Å². The molecule has 1 heterocycles. The number of sulfonamides is 1. The first-order valence-corrected chi connectivity index (χ1v) is 8.46. The van der Waals surface area contributed by atoms with Gasteiger partial charge in [-0.3, -0.25) is 4.72 Å². The zero-order valence-electron chi connectivity index (χ0n) is 12.2. The Kier molecular flexibility index (Phi) is 4.04. The summed E-state index contributed by atoms with van der Waals surface area (Å²) in [7, 11) is -3.64. The van der Waals surface area contributed by atoms with E-state index in [-0.39, 0.29) is 11.0 Å². The second-order valence-electron chi connectivity index (χ2n) is 5.14. The van der Waals surface area contributed by atoms with E-state index in [1.807, 2.05) is 13.0 Å². The molecule has 1 atom stereocenters. The molecule has 6 heteroatoms. The van der Waals surface area contributed by atoms with E-state index in [0.717, 1.165) is 5.56 Å². The lowest BCUT2D eigenvalue weighted by atomic mass is 10.2. The largest absolute Gasteiger partial charge is 0.488 e. The monoisotopic (exact) mass is 319 g/mol. The first-order chi connectivity index (χ1) is 10.6. The van der Waals surface area contributed by atoms with Gasteiger partial charge in [0.15, 0.2) is 0 Å². The molecule has 0 amide bonds. The zero-order chi connectivity index (χ0) is 15.6. The van der Waals surface area contributed by atoms with E-state index in [1.165, 1.54) is 0 Å². The summed E-state index contributed by atoms with van der Waals surface area (Å²) in [5.74, 6) is 0.539. The number of anilines is 1. The van der Waals surface area contributed by atoms with Gasteiger partial charge in [0.05, 0.1) is 17.2 Å². The first kappa shape index (κ1) is 14.9. The van der Waals surface area contributed by atoms with Crippen LogP contribution in [-0.4, -0.2) is 27.7 Å². The summed E-state index contributed by atoms with van der Waals surface area (Å²) in [6.07, 6.45) is 0.109. The van der Waals surface area contributed by atoms with Gasteiger partial charge < -0.3 is 9.47 Å². The molecule has 22 heavy (non-hydrogen) atoms. The van der Waals surface area contributed by atoms with Crippen molar-refractivity contribution < 1.29 is 17.9 Å². The highest BCUT2D eigenvalue weighted by Gasteiger charge is 2.24. The van der Waals surface area contributed by atoms with Crippen LogP contribution in [0.1, 0.15) is 5.56 Å². The number of hydrogen-bond acceptors (Lipinski definition) is 4. The molecule has 2 aromatic carbocycles. The van der Waals surface area contributed by atoms with Crippen LogP contribution in [0.5, 0.6) is 5.75 Å². The van der Waals surface area contributed by atoms with E-state index < -0.39 is 10.0 Å². The highest BCUT2D eigenvalue weighted by Crippen LogP contribution is 2.31. The van der Waals surface area contributed by atoms with Gasteiger partial charge in [-0.15, -0.1) is 0 Å². The van der Waals surface area contributed by atoms with Crippen molar-refractivity contribution in [3.63, 3.8) is 0 Å². The van der Waals surface area contributed by atoms with Crippen LogP contribution in [0.15, 0.2) is 53.4 Å². The smallest absolute Gasteiger partial charge is 0.262 e. The minimum Gasteiger partial charge on any atom is -0.488 e. The Labute approximate surface area is 129 Å². The first-order valence-electron chi connectivity index (χ1n) is 6.98. The molecule has 0 aromatic heterocycles. The van der Waals surface area contributed by atoms with Crippen LogP contribution in [0.4, 0.5) is 5.69 Å². The SMILES string of the molecule is Cc1cccc(NS(=O)(=O)c2ccccc2)c1OCC1CO1. The second kappa shape index (κ2) is 5.98. The van der Waals surface area contributed by atoms with E-state index in [4.69, 9.17) is 9.47 Å². The summed E-state index contributed by atoms with van der Waals surface area (Å²) in [4.78, 5) is 0.216. The fourth-order valence-electron chi connectivity index (χ4n) is 2.07. The third kappa shape index (κ3) is 3.40. The van der Waals surface area contributed by atoms with Gasteiger partial charge in [-0.1, -0.05) is 30.3 Å². The third-order valence-electron chi connectivity index (χ3n) is 3.33. The summed E-state index contributed by atoms with van der Waals surface area (Å²) in [5.41, 5.74) is 1.30. The number of epoxide rings is 1. The molecule has 3 rings (SSSR count). The number of nitrogens with one attached hydrogen (secondary N) is 1. The number of para-hydroxylation sites is 1. The Balaban J connectivity index is 1.86. The van der Waals surface area contributed by atoms with E-state index in [2.05, 4.69) is 4.72 Å². The minimum absolute atomic E-state index is 0.109. The van der Waals surface area contributed by atoms with Crippen molar-refractivity contribution in [1.82, 2.24) is 0 Å². The van der Waals surface area contributed by atoms with Crippen LogP contribution >= 0.6 is 0 Å².